The first kappa shape index (κ1) is 22.5. The molecule has 2 amide bonds. The third kappa shape index (κ3) is 4.42. The van der Waals surface area contributed by atoms with Gasteiger partial charge in [-0.3, -0.25) is 0 Å². The van der Waals surface area contributed by atoms with Gasteiger partial charge in [0.25, 0.3) is 0 Å². The quantitative estimate of drug-likeness (QED) is 0.500. The summed E-state index contributed by atoms with van der Waals surface area (Å²) in [5, 5.41) is 0. The number of carbonyl (C=O) groups is 1. The van der Waals surface area contributed by atoms with E-state index >= 15 is 0 Å². The van der Waals surface area contributed by atoms with Crippen molar-refractivity contribution in [3.8, 4) is 0 Å². The number of nitrogens with zero attached hydrogens (tertiary/aromatic N) is 2. The van der Waals surface area contributed by atoms with Crippen LogP contribution in [-0.4, -0.2) is 42.0 Å². The number of rotatable bonds is 2. The second kappa shape index (κ2) is 8.33. The SMILES string of the molecule is O=C(N1CC[C@@H](c2ccccc2C(F)(F)F)C1)N1CC[C@@H](c2ccccc2C(F)(F)F)C1. The Labute approximate surface area is 181 Å². The first-order chi connectivity index (χ1) is 15.1. The summed E-state index contributed by atoms with van der Waals surface area (Å²) < 4.78 is 80.1. The van der Waals surface area contributed by atoms with E-state index in [0.717, 1.165) is 12.1 Å². The van der Waals surface area contributed by atoms with Crippen molar-refractivity contribution in [1.82, 2.24) is 9.80 Å². The standard InChI is InChI=1S/C23H22F6N2O/c24-22(25,26)19-7-3-1-5-17(19)15-9-11-30(13-15)21(32)31-12-10-16(14-31)18-6-2-4-8-20(18)23(27,28)29/h1-8,15-16H,9-14H2/t15-,16-/m1/s1. The van der Waals surface area contributed by atoms with Gasteiger partial charge in [0.15, 0.2) is 0 Å². The lowest BCUT2D eigenvalue weighted by Crippen LogP contribution is -2.40. The summed E-state index contributed by atoms with van der Waals surface area (Å²) in [5.74, 6) is -0.859. The molecular weight excluding hydrogens is 434 g/mol. The van der Waals surface area contributed by atoms with Gasteiger partial charge in [0, 0.05) is 38.0 Å². The summed E-state index contributed by atoms with van der Waals surface area (Å²) in [7, 11) is 0. The van der Waals surface area contributed by atoms with Crippen LogP contribution in [0.2, 0.25) is 0 Å². The molecule has 3 nitrogen and oxygen atoms in total. The van der Waals surface area contributed by atoms with E-state index in [1.807, 2.05) is 0 Å². The molecule has 9 heteroatoms. The van der Waals surface area contributed by atoms with E-state index in [1.54, 1.807) is 12.1 Å². The molecule has 0 bridgehead atoms. The number of hydrogen-bond donors (Lipinski definition) is 0. The predicted octanol–water partition coefficient (Wildman–Crippen LogP) is 6.12. The minimum Gasteiger partial charge on any atom is -0.324 e. The average molecular weight is 456 g/mol. The minimum absolute atomic E-state index is 0.159. The molecule has 2 aromatic carbocycles. The Hall–Kier alpha value is -2.71. The molecule has 2 saturated heterocycles. The maximum Gasteiger partial charge on any atom is 0.416 e. The van der Waals surface area contributed by atoms with E-state index < -0.39 is 35.3 Å². The third-order valence-electron chi connectivity index (χ3n) is 6.33. The van der Waals surface area contributed by atoms with Crippen LogP contribution in [0.25, 0.3) is 0 Å². The number of hydrogen-bond acceptors (Lipinski definition) is 1. The summed E-state index contributed by atoms with van der Waals surface area (Å²) in [6, 6.07) is 10.4. The van der Waals surface area contributed by atoms with Crippen molar-refractivity contribution in [2.24, 2.45) is 0 Å². The smallest absolute Gasteiger partial charge is 0.324 e. The van der Waals surface area contributed by atoms with Crippen molar-refractivity contribution in [3.63, 3.8) is 0 Å². The van der Waals surface area contributed by atoms with E-state index in [-0.39, 0.29) is 30.2 Å². The largest absolute Gasteiger partial charge is 0.416 e. The zero-order valence-electron chi connectivity index (χ0n) is 17.1. The van der Waals surface area contributed by atoms with E-state index in [4.69, 9.17) is 0 Å². The Balaban J connectivity index is 1.45. The molecule has 4 rings (SSSR count). The molecule has 2 aliphatic rings. The molecule has 0 radical (unpaired) electrons. The zero-order valence-corrected chi connectivity index (χ0v) is 17.1. The fourth-order valence-electron chi connectivity index (χ4n) is 4.80. The van der Waals surface area contributed by atoms with Crippen LogP contribution in [0.5, 0.6) is 0 Å². The maximum atomic E-state index is 13.4. The fraction of sp³-hybridized carbons (Fsp3) is 0.435. The van der Waals surface area contributed by atoms with E-state index in [9.17, 15) is 31.1 Å². The lowest BCUT2D eigenvalue weighted by atomic mass is 9.93. The van der Waals surface area contributed by atoms with Crippen molar-refractivity contribution >= 4 is 6.03 Å². The second-order valence-electron chi connectivity index (χ2n) is 8.32. The van der Waals surface area contributed by atoms with Gasteiger partial charge < -0.3 is 9.80 Å². The van der Waals surface area contributed by atoms with Crippen molar-refractivity contribution in [1.29, 1.82) is 0 Å². The highest BCUT2D eigenvalue weighted by molar-refractivity contribution is 5.75. The van der Waals surface area contributed by atoms with Crippen LogP contribution in [0.4, 0.5) is 31.1 Å². The molecule has 0 aromatic heterocycles. The highest BCUT2D eigenvalue weighted by atomic mass is 19.4. The van der Waals surface area contributed by atoms with Crippen molar-refractivity contribution in [2.75, 3.05) is 26.2 Å². The summed E-state index contributed by atoms with van der Waals surface area (Å²) in [6.07, 6.45) is -8.12. The van der Waals surface area contributed by atoms with Gasteiger partial charge in [-0.2, -0.15) is 26.3 Å². The van der Waals surface area contributed by atoms with Crippen LogP contribution in [0.3, 0.4) is 0 Å². The van der Waals surface area contributed by atoms with Crippen LogP contribution in [0, 0.1) is 0 Å². The van der Waals surface area contributed by atoms with E-state index in [1.165, 1.54) is 34.1 Å². The summed E-state index contributed by atoms with van der Waals surface area (Å²) in [4.78, 5) is 16.0. The Morgan fingerprint density at radius 1 is 0.688 bits per heavy atom. The summed E-state index contributed by atoms with van der Waals surface area (Å²) in [6.45, 7) is 0.949. The highest BCUT2D eigenvalue weighted by Gasteiger charge is 2.40. The second-order valence-corrected chi connectivity index (χ2v) is 8.32. The van der Waals surface area contributed by atoms with Crippen LogP contribution < -0.4 is 0 Å². The molecule has 0 saturated carbocycles. The van der Waals surface area contributed by atoms with Gasteiger partial charge >= 0.3 is 18.4 Å². The molecule has 0 aliphatic carbocycles. The minimum atomic E-state index is -4.47. The number of benzene rings is 2. The average Bonchev–Trinajstić information content (AvgIpc) is 3.42. The molecule has 0 spiro atoms. The Morgan fingerprint density at radius 2 is 1.06 bits per heavy atom. The van der Waals surface area contributed by atoms with Crippen LogP contribution >= 0.6 is 0 Å². The van der Waals surface area contributed by atoms with Gasteiger partial charge in [0.05, 0.1) is 11.1 Å². The first-order valence-corrected chi connectivity index (χ1v) is 10.4. The number of carbonyl (C=O) groups excluding carboxylic acids is 1. The van der Waals surface area contributed by atoms with Gasteiger partial charge in [-0.25, -0.2) is 4.79 Å². The molecule has 0 N–H and O–H groups in total. The monoisotopic (exact) mass is 456 g/mol. The van der Waals surface area contributed by atoms with Crippen molar-refractivity contribution in [3.05, 3.63) is 70.8 Å². The molecule has 2 fully saturated rings. The molecule has 32 heavy (non-hydrogen) atoms. The summed E-state index contributed by atoms with van der Waals surface area (Å²) in [5.41, 5.74) is -1.03. The van der Waals surface area contributed by atoms with Gasteiger partial charge in [0.2, 0.25) is 0 Å². The normalized spacial score (nSPS) is 21.9. The third-order valence-corrected chi connectivity index (χ3v) is 6.33. The van der Waals surface area contributed by atoms with Gasteiger partial charge in [-0.15, -0.1) is 0 Å². The van der Waals surface area contributed by atoms with Crippen LogP contribution in [-0.2, 0) is 12.4 Å². The van der Waals surface area contributed by atoms with Crippen LogP contribution in [0.15, 0.2) is 48.5 Å². The molecular formula is C23H22F6N2O. The van der Waals surface area contributed by atoms with E-state index in [2.05, 4.69) is 0 Å². The molecule has 2 aromatic rings. The number of alkyl halides is 6. The molecule has 2 aliphatic heterocycles. The molecule has 2 atom stereocenters. The molecule has 0 unspecified atom stereocenters. The fourth-order valence-corrected chi connectivity index (χ4v) is 4.80. The number of urea groups is 1. The molecule has 172 valence electrons. The molecule has 2 heterocycles. The number of amides is 2. The van der Waals surface area contributed by atoms with E-state index in [0.29, 0.717) is 25.9 Å². The maximum absolute atomic E-state index is 13.4. The van der Waals surface area contributed by atoms with Gasteiger partial charge in [-0.1, -0.05) is 36.4 Å². The van der Waals surface area contributed by atoms with Gasteiger partial charge in [0.1, 0.15) is 0 Å². The lowest BCUT2D eigenvalue weighted by Gasteiger charge is -2.25. The Kier molecular flexibility index (Phi) is 5.85. The number of halogens is 6. The number of likely N-dealkylation sites (tertiary alicyclic amines) is 2. The van der Waals surface area contributed by atoms with Crippen molar-refractivity contribution < 1.29 is 31.1 Å². The Bertz CT molecular complexity index is 909. The Morgan fingerprint density at radius 3 is 1.44 bits per heavy atom. The lowest BCUT2D eigenvalue weighted by molar-refractivity contribution is -0.139. The topological polar surface area (TPSA) is 23.6 Å². The van der Waals surface area contributed by atoms with Crippen molar-refractivity contribution in [2.45, 2.75) is 37.0 Å². The highest BCUT2D eigenvalue weighted by Crippen LogP contribution is 2.40. The first-order valence-electron chi connectivity index (χ1n) is 10.4. The zero-order chi connectivity index (χ0) is 23.1. The summed E-state index contributed by atoms with van der Waals surface area (Å²) >= 11 is 0. The predicted molar refractivity (Wildman–Crippen MR) is 106 cm³/mol. The van der Waals surface area contributed by atoms with Gasteiger partial charge in [-0.05, 0) is 36.1 Å². The van der Waals surface area contributed by atoms with Crippen LogP contribution in [0.1, 0.15) is 46.9 Å².